The van der Waals surface area contributed by atoms with Crippen LogP contribution < -0.4 is 5.73 Å². The van der Waals surface area contributed by atoms with Crippen LogP contribution in [0, 0.1) is 17.0 Å². The van der Waals surface area contributed by atoms with Gasteiger partial charge in [0.2, 0.25) is 5.91 Å². The van der Waals surface area contributed by atoms with E-state index >= 15 is 0 Å². The van der Waals surface area contributed by atoms with E-state index in [1.165, 1.54) is 24.4 Å². The van der Waals surface area contributed by atoms with Crippen LogP contribution in [0.15, 0.2) is 42.7 Å². The Morgan fingerprint density at radius 3 is 2.33 bits per heavy atom. The van der Waals surface area contributed by atoms with E-state index in [2.05, 4.69) is 0 Å². The van der Waals surface area contributed by atoms with E-state index in [-0.39, 0.29) is 11.7 Å². The monoisotopic (exact) mass is 292 g/mol. The van der Waals surface area contributed by atoms with Gasteiger partial charge in [-0.1, -0.05) is 26.0 Å². The number of hydrogen-bond donors (Lipinski definition) is 1. The highest BCUT2D eigenvalue weighted by molar-refractivity contribution is 5.85. The predicted molar refractivity (Wildman–Crippen MR) is 76.9 cm³/mol. The lowest BCUT2D eigenvalue weighted by Crippen LogP contribution is -2.47. The first kappa shape index (κ1) is 15.4. The molecule has 5 heteroatoms. The first-order valence-corrected chi connectivity index (χ1v) is 6.67. The van der Waals surface area contributed by atoms with Crippen LogP contribution in [0.2, 0.25) is 0 Å². The molecule has 0 bridgehead atoms. The van der Waals surface area contributed by atoms with Crippen molar-refractivity contribution in [2.75, 3.05) is 0 Å². The zero-order valence-electron chi connectivity index (χ0n) is 12.0. The van der Waals surface area contributed by atoms with Gasteiger partial charge in [0.1, 0.15) is 11.6 Å². The molecule has 2 rings (SSSR count). The maximum Gasteiger partial charge on any atom is 0.248 e. The van der Waals surface area contributed by atoms with E-state index in [0.29, 0.717) is 6.42 Å². The van der Waals surface area contributed by atoms with Crippen molar-refractivity contribution in [3.63, 3.8) is 0 Å². The number of halogens is 2. The van der Waals surface area contributed by atoms with E-state index < -0.39 is 17.3 Å². The van der Waals surface area contributed by atoms with Crippen molar-refractivity contribution < 1.29 is 13.6 Å². The van der Waals surface area contributed by atoms with Gasteiger partial charge in [-0.05, 0) is 35.6 Å². The Hall–Kier alpha value is -2.01. The molecule has 112 valence electrons. The van der Waals surface area contributed by atoms with Gasteiger partial charge in [0, 0.05) is 12.4 Å². The number of rotatable bonds is 4. The summed E-state index contributed by atoms with van der Waals surface area (Å²) in [6, 6.07) is 6.50. The smallest absolute Gasteiger partial charge is 0.248 e. The molecule has 1 aromatic carbocycles. The summed E-state index contributed by atoms with van der Waals surface area (Å²) < 4.78 is 27.1. The maximum atomic E-state index is 13.0. The summed E-state index contributed by atoms with van der Waals surface area (Å²) in [7, 11) is 0. The SMILES string of the molecule is CC(C)(Cc1ccc(F)cc1)[C@H](N)C(=O)n1ccc(F)c1. The minimum atomic E-state index is -0.797. The van der Waals surface area contributed by atoms with Gasteiger partial charge in [0.25, 0.3) is 0 Å². The first-order chi connectivity index (χ1) is 9.79. The molecule has 0 spiro atoms. The molecule has 0 aliphatic carbocycles. The van der Waals surface area contributed by atoms with Gasteiger partial charge < -0.3 is 5.73 Å². The summed E-state index contributed by atoms with van der Waals surface area (Å²) in [6.07, 6.45) is 2.98. The van der Waals surface area contributed by atoms with Crippen molar-refractivity contribution in [2.45, 2.75) is 26.3 Å². The van der Waals surface area contributed by atoms with E-state index in [1.54, 1.807) is 12.1 Å². The highest BCUT2D eigenvalue weighted by Crippen LogP contribution is 2.26. The minimum Gasteiger partial charge on any atom is -0.319 e. The quantitative estimate of drug-likeness (QED) is 0.941. The number of benzene rings is 1. The van der Waals surface area contributed by atoms with Crippen LogP contribution in [-0.4, -0.2) is 16.5 Å². The summed E-state index contributed by atoms with van der Waals surface area (Å²) in [5, 5.41) is 0. The highest BCUT2D eigenvalue weighted by Gasteiger charge is 2.33. The average molecular weight is 292 g/mol. The molecule has 0 radical (unpaired) electrons. The van der Waals surface area contributed by atoms with Crippen molar-refractivity contribution in [3.8, 4) is 0 Å². The van der Waals surface area contributed by atoms with Crippen LogP contribution >= 0.6 is 0 Å². The van der Waals surface area contributed by atoms with Crippen LogP contribution in [0.25, 0.3) is 0 Å². The fourth-order valence-corrected chi connectivity index (χ4v) is 2.24. The predicted octanol–water partition coefficient (Wildman–Crippen LogP) is 3.00. The second-order valence-corrected chi connectivity index (χ2v) is 5.84. The second kappa shape index (κ2) is 5.77. The normalized spacial score (nSPS) is 13.2. The third kappa shape index (κ3) is 3.55. The Balaban J connectivity index is 2.14. The third-order valence-corrected chi connectivity index (χ3v) is 3.59. The Morgan fingerprint density at radius 2 is 1.81 bits per heavy atom. The molecule has 0 aliphatic rings. The van der Waals surface area contributed by atoms with E-state index in [9.17, 15) is 13.6 Å². The van der Waals surface area contributed by atoms with E-state index in [4.69, 9.17) is 5.73 Å². The van der Waals surface area contributed by atoms with Crippen LogP contribution in [0.3, 0.4) is 0 Å². The fourth-order valence-electron chi connectivity index (χ4n) is 2.24. The summed E-state index contributed by atoms with van der Waals surface area (Å²) in [6.45, 7) is 3.72. The van der Waals surface area contributed by atoms with E-state index in [0.717, 1.165) is 16.3 Å². The van der Waals surface area contributed by atoms with Crippen molar-refractivity contribution in [2.24, 2.45) is 11.1 Å². The Bertz CT molecular complexity index is 632. The molecular formula is C16H18F2N2O. The standard InChI is InChI=1S/C16H18F2N2O/c1-16(2,9-11-3-5-12(17)6-4-11)14(19)15(21)20-8-7-13(18)10-20/h3-8,10,14H,9,19H2,1-2H3/t14-/m1/s1. The van der Waals surface area contributed by atoms with E-state index in [1.807, 2.05) is 13.8 Å². The van der Waals surface area contributed by atoms with Crippen molar-refractivity contribution in [3.05, 3.63) is 59.9 Å². The summed E-state index contributed by atoms with van der Waals surface area (Å²) in [5.41, 5.74) is 6.39. The lowest BCUT2D eigenvalue weighted by Gasteiger charge is -2.30. The molecule has 1 atom stereocenters. The fraction of sp³-hybridized carbons (Fsp3) is 0.312. The van der Waals surface area contributed by atoms with Crippen LogP contribution in [-0.2, 0) is 6.42 Å². The van der Waals surface area contributed by atoms with Gasteiger partial charge in [0.05, 0.1) is 6.04 Å². The third-order valence-electron chi connectivity index (χ3n) is 3.59. The molecule has 3 nitrogen and oxygen atoms in total. The summed E-state index contributed by atoms with van der Waals surface area (Å²) >= 11 is 0. The number of nitrogens with zero attached hydrogens (tertiary/aromatic N) is 1. The molecule has 0 saturated carbocycles. The van der Waals surface area contributed by atoms with Gasteiger partial charge in [0.15, 0.2) is 0 Å². The van der Waals surface area contributed by atoms with Gasteiger partial charge in [-0.2, -0.15) is 0 Å². The number of nitrogens with two attached hydrogens (primary N) is 1. The molecule has 0 amide bonds. The molecule has 2 N–H and O–H groups in total. The molecule has 1 heterocycles. The van der Waals surface area contributed by atoms with Gasteiger partial charge in [-0.15, -0.1) is 0 Å². The Morgan fingerprint density at radius 1 is 1.19 bits per heavy atom. The lowest BCUT2D eigenvalue weighted by atomic mass is 9.78. The van der Waals surface area contributed by atoms with Crippen molar-refractivity contribution >= 4 is 5.91 Å². The number of aromatic nitrogens is 1. The number of hydrogen-bond acceptors (Lipinski definition) is 2. The second-order valence-electron chi connectivity index (χ2n) is 5.84. The zero-order chi connectivity index (χ0) is 15.6. The zero-order valence-corrected chi connectivity index (χ0v) is 12.0. The Kier molecular flexibility index (Phi) is 4.23. The molecule has 0 fully saturated rings. The molecule has 1 aromatic heterocycles. The topological polar surface area (TPSA) is 48.0 Å². The minimum absolute atomic E-state index is 0.306. The number of carbonyl (C=O) groups is 1. The van der Waals surface area contributed by atoms with Crippen LogP contribution in [0.1, 0.15) is 24.2 Å². The Labute approximate surface area is 122 Å². The largest absolute Gasteiger partial charge is 0.319 e. The molecule has 0 unspecified atom stereocenters. The molecule has 0 aliphatic heterocycles. The molecular weight excluding hydrogens is 274 g/mol. The van der Waals surface area contributed by atoms with Crippen molar-refractivity contribution in [1.29, 1.82) is 0 Å². The molecule has 21 heavy (non-hydrogen) atoms. The number of carbonyl (C=O) groups excluding carboxylic acids is 1. The molecule has 2 aromatic rings. The maximum absolute atomic E-state index is 13.0. The van der Waals surface area contributed by atoms with Gasteiger partial charge >= 0.3 is 0 Å². The summed E-state index contributed by atoms with van der Waals surface area (Å²) in [4.78, 5) is 12.3. The molecule has 0 saturated heterocycles. The van der Waals surface area contributed by atoms with Gasteiger partial charge in [-0.3, -0.25) is 9.36 Å². The van der Waals surface area contributed by atoms with Gasteiger partial charge in [-0.25, -0.2) is 8.78 Å². The summed E-state index contributed by atoms with van der Waals surface area (Å²) in [5.74, 6) is -1.15. The highest BCUT2D eigenvalue weighted by atomic mass is 19.1. The average Bonchev–Trinajstić information content (AvgIpc) is 2.86. The van der Waals surface area contributed by atoms with Crippen molar-refractivity contribution in [1.82, 2.24) is 4.57 Å². The van der Waals surface area contributed by atoms with Crippen LogP contribution in [0.5, 0.6) is 0 Å². The lowest BCUT2D eigenvalue weighted by molar-refractivity contribution is 0.0802. The first-order valence-electron chi connectivity index (χ1n) is 6.67. The van der Waals surface area contributed by atoms with Crippen LogP contribution in [0.4, 0.5) is 8.78 Å².